The average Bonchev–Trinajstić information content (AvgIpc) is 3.19. The Bertz CT molecular complexity index is 955. The van der Waals surface area contributed by atoms with Gasteiger partial charge in [-0.05, 0) is 36.4 Å². The largest absolute Gasteiger partial charge is 0.306 e. The van der Waals surface area contributed by atoms with Gasteiger partial charge in [0.2, 0.25) is 0 Å². The molecule has 0 fully saturated rings. The van der Waals surface area contributed by atoms with Crippen LogP contribution in [0.1, 0.15) is 21.6 Å². The SMILES string of the molecule is O=C(Nc1c2c(nn1-c1ccc(Cl)cc1)CSC2)c1ccccc1F. The molecule has 0 saturated carbocycles. The molecule has 0 atom stereocenters. The van der Waals surface area contributed by atoms with E-state index < -0.39 is 11.7 Å². The lowest BCUT2D eigenvalue weighted by atomic mass is 10.2. The fraction of sp³-hybridized carbons (Fsp3) is 0.111. The predicted octanol–water partition coefficient (Wildman–Crippen LogP) is 4.66. The van der Waals surface area contributed by atoms with Gasteiger partial charge >= 0.3 is 0 Å². The quantitative estimate of drug-likeness (QED) is 0.726. The number of anilines is 1. The third-order valence-corrected chi connectivity index (χ3v) is 5.20. The lowest BCUT2D eigenvalue weighted by Gasteiger charge is -2.11. The van der Waals surface area contributed by atoms with E-state index in [0.717, 1.165) is 28.5 Å². The second kappa shape index (κ2) is 6.54. The van der Waals surface area contributed by atoms with Gasteiger partial charge in [-0.2, -0.15) is 16.9 Å². The van der Waals surface area contributed by atoms with E-state index in [1.54, 1.807) is 40.7 Å². The highest BCUT2D eigenvalue weighted by atomic mass is 35.5. The van der Waals surface area contributed by atoms with E-state index in [0.29, 0.717) is 10.8 Å². The number of hydrogen-bond acceptors (Lipinski definition) is 3. The zero-order chi connectivity index (χ0) is 17.4. The molecule has 0 spiro atoms. The molecule has 2 heterocycles. The van der Waals surface area contributed by atoms with Gasteiger partial charge in [0.25, 0.3) is 5.91 Å². The predicted molar refractivity (Wildman–Crippen MR) is 97.9 cm³/mol. The van der Waals surface area contributed by atoms with Crippen LogP contribution in [0.5, 0.6) is 0 Å². The van der Waals surface area contributed by atoms with E-state index in [4.69, 9.17) is 11.6 Å². The maximum atomic E-state index is 13.9. The molecule has 0 radical (unpaired) electrons. The first-order valence-electron chi connectivity index (χ1n) is 7.64. The standard InChI is InChI=1S/C18H13ClFN3OS/c19-11-5-7-12(8-6-11)23-17(14-9-25-10-16(14)22-23)21-18(24)13-3-1-2-4-15(13)20/h1-8H,9-10H2,(H,21,24). The smallest absolute Gasteiger partial charge is 0.259 e. The second-order valence-corrected chi connectivity index (χ2v) is 7.01. The minimum Gasteiger partial charge on any atom is -0.306 e. The summed E-state index contributed by atoms with van der Waals surface area (Å²) in [4.78, 5) is 12.6. The molecule has 1 aromatic heterocycles. The van der Waals surface area contributed by atoms with Gasteiger partial charge in [-0.15, -0.1) is 0 Å². The van der Waals surface area contributed by atoms with Gasteiger partial charge in [0.1, 0.15) is 11.6 Å². The number of thioether (sulfide) groups is 1. The Morgan fingerprint density at radius 2 is 1.92 bits per heavy atom. The molecule has 2 aromatic carbocycles. The summed E-state index contributed by atoms with van der Waals surface area (Å²) in [5.41, 5.74) is 2.70. The molecule has 25 heavy (non-hydrogen) atoms. The summed E-state index contributed by atoms with van der Waals surface area (Å²) in [6.45, 7) is 0. The molecular weight excluding hydrogens is 361 g/mol. The van der Waals surface area contributed by atoms with E-state index >= 15 is 0 Å². The van der Waals surface area contributed by atoms with Crippen LogP contribution in [-0.4, -0.2) is 15.7 Å². The number of benzene rings is 2. The van der Waals surface area contributed by atoms with Crippen LogP contribution >= 0.6 is 23.4 Å². The summed E-state index contributed by atoms with van der Waals surface area (Å²) in [5.74, 6) is 1.08. The monoisotopic (exact) mass is 373 g/mol. The summed E-state index contributed by atoms with van der Waals surface area (Å²) >= 11 is 7.69. The van der Waals surface area contributed by atoms with Gasteiger partial charge in [0.15, 0.2) is 0 Å². The first kappa shape index (κ1) is 16.2. The lowest BCUT2D eigenvalue weighted by molar-refractivity contribution is 0.102. The summed E-state index contributed by atoms with van der Waals surface area (Å²) in [5, 5.41) is 8.06. The van der Waals surface area contributed by atoms with Crippen molar-refractivity contribution in [3.05, 3.63) is 76.2 Å². The number of hydrogen-bond donors (Lipinski definition) is 1. The normalized spacial score (nSPS) is 12.9. The van der Waals surface area contributed by atoms with Crippen LogP contribution in [0.25, 0.3) is 5.69 Å². The van der Waals surface area contributed by atoms with Crippen LogP contribution in [-0.2, 0) is 11.5 Å². The number of fused-ring (bicyclic) bond motifs is 1. The summed E-state index contributed by atoms with van der Waals surface area (Å²) in [7, 11) is 0. The number of carbonyl (C=O) groups excluding carboxylic acids is 1. The number of amides is 1. The molecular formula is C18H13ClFN3OS. The number of nitrogens with zero attached hydrogens (tertiary/aromatic N) is 2. The van der Waals surface area contributed by atoms with Gasteiger partial charge < -0.3 is 5.32 Å². The van der Waals surface area contributed by atoms with E-state index in [9.17, 15) is 9.18 Å². The van der Waals surface area contributed by atoms with E-state index in [2.05, 4.69) is 10.4 Å². The van der Waals surface area contributed by atoms with Gasteiger partial charge in [0.05, 0.1) is 16.9 Å². The molecule has 1 aliphatic heterocycles. The van der Waals surface area contributed by atoms with E-state index in [-0.39, 0.29) is 5.56 Å². The molecule has 126 valence electrons. The molecule has 3 aromatic rings. The zero-order valence-corrected chi connectivity index (χ0v) is 14.6. The molecule has 1 aliphatic rings. The molecule has 0 saturated heterocycles. The highest BCUT2D eigenvalue weighted by Crippen LogP contribution is 2.36. The Balaban J connectivity index is 1.75. The van der Waals surface area contributed by atoms with Crippen molar-refractivity contribution < 1.29 is 9.18 Å². The third kappa shape index (κ3) is 3.03. The topological polar surface area (TPSA) is 46.9 Å². The summed E-state index contributed by atoms with van der Waals surface area (Å²) in [6, 6.07) is 13.1. The summed E-state index contributed by atoms with van der Waals surface area (Å²) in [6.07, 6.45) is 0. The van der Waals surface area contributed by atoms with Crippen molar-refractivity contribution in [3.63, 3.8) is 0 Å². The Kier molecular flexibility index (Phi) is 4.23. The third-order valence-electron chi connectivity index (χ3n) is 3.97. The Morgan fingerprint density at radius 3 is 2.68 bits per heavy atom. The Labute approximate surface area is 153 Å². The average molecular weight is 374 g/mol. The molecule has 0 unspecified atom stereocenters. The van der Waals surface area contributed by atoms with Crippen LogP contribution in [0.15, 0.2) is 48.5 Å². The number of halogens is 2. The fourth-order valence-corrected chi connectivity index (χ4v) is 3.89. The van der Waals surface area contributed by atoms with Crippen molar-refractivity contribution in [2.45, 2.75) is 11.5 Å². The van der Waals surface area contributed by atoms with Crippen LogP contribution in [0.4, 0.5) is 10.2 Å². The van der Waals surface area contributed by atoms with Gasteiger partial charge in [-0.25, -0.2) is 9.07 Å². The van der Waals surface area contributed by atoms with Crippen molar-refractivity contribution >= 4 is 35.1 Å². The first-order chi connectivity index (χ1) is 12.1. The van der Waals surface area contributed by atoms with Crippen molar-refractivity contribution in [1.29, 1.82) is 0 Å². The molecule has 1 amide bonds. The Hall–Kier alpha value is -2.31. The van der Waals surface area contributed by atoms with Crippen molar-refractivity contribution in [3.8, 4) is 5.69 Å². The maximum absolute atomic E-state index is 13.9. The Morgan fingerprint density at radius 1 is 1.16 bits per heavy atom. The molecule has 4 nitrogen and oxygen atoms in total. The fourth-order valence-electron chi connectivity index (χ4n) is 2.73. The molecule has 7 heteroatoms. The van der Waals surface area contributed by atoms with Crippen LogP contribution in [0, 0.1) is 5.82 Å². The highest BCUT2D eigenvalue weighted by molar-refractivity contribution is 7.98. The van der Waals surface area contributed by atoms with Gasteiger partial charge in [-0.3, -0.25) is 4.79 Å². The number of nitrogens with one attached hydrogen (secondary N) is 1. The van der Waals surface area contributed by atoms with Crippen molar-refractivity contribution in [1.82, 2.24) is 9.78 Å². The van der Waals surface area contributed by atoms with E-state index in [1.165, 1.54) is 12.1 Å². The number of aromatic nitrogens is 2. The second-order valence-electron chi connectivity index (χ2n) is 5.59. The van der Waals surface area contributed by atoms with Crippen molar-refractivity contribution in [2.75, 3.05) is 5.32 Å². The highest BCUT2D eigenvalue weighted by Gasteiger charge is 2.25. The van der Waals surface area contributed by atoms with Crippen LogP contribution < -0.4 is 5.32 Å². The van der Waals surface area contributed by atoms with Crippen LogP contribution in [0.3, 0.4) is 0 Å². The zero-order valence-electron chi connectivity index (χ0n) is 13.0. The van der Waals surface area contributed by atoms with E-state index in [1.807, 2.05) is 12.1 Å². The minimum atomic E-state index is -0.552. The minimum absolute atomic E-state index is 0.00533. The van der Waals surface area contributed by atoms with Gasteiger partial charge in [0, 0.05) is 22.1 Å². The molecule has 0 aliphatic carbocycles. The lowest BCUT2D eigenvalue weighted by Crippen LogP contribution is -2.17. The molecule has 1 N–H and O–H groups in total. The maximum Gasteiger partial charge on any atom is 0.259 e. The first-order valence-corrected chi connectivity index (χ1v) is 9.17. The summed E-state index contributed by atoms with van der Waals surface area (Å²) < 4.78 is 15.6. The number of rotatable bonds is 3. The molecule has 4 rings (SSSR count). The number of carbonyl (C=O) groups is 1. The molecule has 0 bridgehead atoms. The van der Waals surface area contributed by atoms with Crippen molar-refractivity contribution in [2.24, 2.45) is 0 Å². The van der Waals surface area contributed by atoms with Gasteiger partial charge in [-0.1, -0.05) is 23.7 Å². The van der Waals surface area contributed by atoms with Crippen LogP contribution in [0.2, 0.25) is 5.02 Å².